The van der Waals surface area contributed by atoms with Crippen molar-refractivity contribution < 1.29 is 17.9 Å². The second-order valence-electron chi connectivity index (χ2n) is 8.01. The Morgan fingerprint density at radius 2 is 1.82 bits per heavy atom. The number of Topliss-reactive ketones (excluding diaryl/α,β-unsaturated/α-hetero) is 1. The fourth-order valence-electron chi connectivity index (χ4n) is 4.09. The molecule has 0 aliphatic carbocycles. The molecule has 0 saturated carbocycles. The highest BCUT2D eigenvalue weighted by Crippen LogP contribution is 2.32. The number of ether oxygens (including phenoxy) is 1. The van der Waals surface area contributed by atoms with Crippen molar-refractivity contribution in [3.05, 3.63) is 59.9 Å². The number of ketones is 1. The molecule has 0 amide bonds. The van der Waals surface area contributed by atoms with Gasteiger partial charge in [-0.2, -0.15) is 0 Å². The smallest absolute Gasteiger partial charge is 0.322 e. The summed E-state index contributed by atoms with van der Waals surface area (Å²) in [4.78, 5) is 13.8. The van der Waals surface area contributed by atoms with Gasteiger partial charge in [-0.1, -0.05) is 36.3 Å². The number of primary sulfonamides is 1. The molecule has 1 fully saturated rings. The van der Waals surface area contributed by atoms with Crippen LogP contribution >= 0.6 is 0 Å². The molecule has 1 saturated heterocycles. The molecule has 3 aromatic rings. The van der Waals surface area contributed by atoms with Crippen LogP contribution in [0.2, 0.25) is 0 Å². The number of anilines is 1. The first kappa shape index (κ1) is 22.9. The summed E-state index contributed by atoms with van der Waals surface area (Å²) in [6, 6.07) is 14.6. The van der Waals surface area contributed by atoms with E-state index in [4.69, 9.17) is 9.88 Å². The molecular weight excluding hydrogens is 442 g/mol. The Labute approximate surface area is 193 Å². The van der Waals surface area contributed by atoms with Crippen LogP contribution in [0.5, 0.6) is 11.8 Å². The zero-order valence-corrected chi connectivity index (χ0v) is 19.5. The van der Waals surface area contributed by atoms with E-state index in [0.29, 0.717) is 61.4 Å². The Bertz CT molecular complexity index is 1260. The van der Waals surface area contributed by atoms with Crippen LogP contribution in [0.3, 0.4) is 0 Å². The zero-order valence-electron chi connectivity index (χ0n) is 18.6. The Hall–Kier alpha value is -3.24. The first-order chi connectivity index (χ1) is 15.8. The van der Waals surface area contributed by atoms with Gasteiger partial charge in [0.25, 0.3) is 0 Å². The predicted molar refractivity (Wildman–Crippen MR) is 124 cm³/mol. The van der Waals surface area contributed by atoms with Crippen molar-refractivity contribution in [2.24, 2.45) is 5.14 Å². The number of hydrogen-bond donors (Lipinski definition) is 1. The van der Waals surface area contributed by atoms with Crippen molar-refractivity contribution in [2.75, 3.05) is 18.0 Å². The molecule has 4 rings (SSSR count). The van der Waals surface area contributed by atoms with Crippen molar-refractivity contribution in [3.8, 4) is 11.8 Å². The topological polar surface area (TPSA) is 120 Å². The Kier molecular flexibility index (Phi) is 6.48. The zero-order chi connectivity index (χ0) is 23.6. The van der Waals surface area contributed by atoms with Gasteiger partial charge in [-0.05, 0) is 30.7 Å². The maximum atomic E-state index is 12.1. The number of sulfonamides is 1. The van der Waals surface area contributed by atoms with Gasteiger partial charge in [-0.25, -0.2) is 13.6 Å². The summed E-state index contributed by atoms with van der Waals surface area (Å²) in [5.74, 6) is 1.10. The SMILES string of the molecule is CCn1c(Oc2cccc(N3CCC(=O)CC3)c2)nnc1[C@H](C)c1ccccc1S(N)(=O)=O. The number of nitrogens with two attached hydrogens (primary N) is 1. The van der Waals surface area contributed by atoms with Crippen LogP contribution in [0.1, 0.15) is 44.0 Å². The first-order valence-electron chi connectivity index (χ1n) is 10.9. The third kappa shape index (κ3) is 4.91. The summed E-state index contributed by atoms with van der Waals surface area (Å²) >= 11 is 0. The highest BCUT2D eigenvalue weighted by atomic mass is 32.2. The second-order valence-corrected chi connectivity index (χ2v) is 9.54. The molecule has 10 heteroatoms. The molecule has 0 radical (unpaired) electrons. The average molecular weight is 470 g/mol. The van der Waals surface area contributed by atoms with Crippen LogP contribution in [0, 0.1) is 0 Å². The molecule has 0 spiro atoms. The minimum absolute atomic E-state index is 0.0679. The van der Waals surface area contributed by atoms with Crippen LogP contribution in [0.4, 0.5) is 5.69 Å². The summed E-state index contributed by atoms with van der Waals surface area (Å²) in [7, 11) is -3.88. The van der Waals surface area contributed by atoms with Crippen LogP contribution in [0.15, 0.2) is 53.4 Å². The Morgan fingerprint density at radius 1 is 1.09 bits per heavy atom. The monoisotopic (exact) mass is 469 g/mol. The Balaban J connectivity index is 1.61. The van der Waals surface area contributed by atoms with E-state index < -0.39 is 10.0 Å². The maximum Gasteiger partial charge on any atom is 0.322 e. The number of nitrogens with zero attached hydrogens (tertiary/aromatic N) is 4. The van der Waals surface area contributed by atoms with E-state index in [2.05, 4.69) is 15.1 Å². The molecule has 174 valence electrons. The standard InChI is InChI=1S/C23H27N5O4S/c1-3-28-22(16(2)20-9-4-5-10-21(20)33(24,30)31)25-26-23(28)32-19-8-6-7-17(15-19)27-13-11-18(29)12-14-27/h4-10,15-16H,3,11-14H2,1-2H3,(H2,24,30,31)/t16-/m1/s1. The number of benzene rings is 2. The third-order valence-electron chi connectivity index (χ3n) is 5.85. The van der Waals surface area contributed by atoms with Crippen molar-refractivity contribution in [3.63, 3.8) is 0 Å². The molecule has 1 atom stereocenters. The lowest BCUT2D eigenvalue weighted by atomic mass is 10.0. The van der Waals surface area contributed by atoms with Crippen LogP contribution < -0.4 is 14.8 Å². The van der Waals surface area contributed by atoms with Gasteiger partial charge in [-0.3, -0.25) is 9.36 Å². The fraction of sp³-hybridized carbons (Fsp3) is 0.348. The van der Waals surface area contributed by atoms with Gasteiger partial charge in [0, 0.05) is 50.1 Å². The van der Waals surface area contributed by atoms with Gasteiger partial charge < -0.3 is 9.64 Å². The van der Waals surface area contributed by atoms with Gasteiger partial charge in [-0.15, -0.1) is 5.10 Å². The number of aromatic nitrogens is 3. The quantitative estimate of drug-likeness (QED) is 0.564. The number of piperidine rings is 1. The van der Waals surface area contributed by atoms with Gasteiger partial charge >= 0.3 is 6.01 Å². The fourth-order valence-corrected chi connectivity index (χ4v) is 4.93. The number of carbonyl (C=O) groups is 1. The van der Waals surface area contributed by atoms with Gasteiger partial charge in [0.15, 0.2) is 0 Å². The van der Waals surface area contributed by atoms with E-state index in [0.717, 1.165) is 5.69 Å². The largest absolute Gasteiger partial charge is 0.424 e. The van der Waals surface area contributed by atoms with Crippen LogP contribution in [-0.4, -0.2) is 42.1 Å². The second kappa shape index (κ2) is 9.32. The lowest BCUT2D eigenvalue weighted by molar-refractivity contribution is -0.119. The summed E-state index contributed by atoms with van der Waals surface area (Å²) in [6.45, 7) is 5.73. The molecule has 0 unspecified atom stereocenters. The minimum Gasteiger partial charge on any atom is -0.424 e. The van der Waals surface area contributed by atoms with Crippen LogP contribution in [0.25, 0.3) is 0 Å². The summed E-state index contributed by atoms with van der Waals surface area (Å²) < 4.78 is 32.0. The molecule has 2 N–H and O–H groups in total. The molecular formula is C23H27N5O4S. The summed E-state index contributed by atoms with van der Waals surface area (Å²) in [6.07, 6.45) is 1.10. The van der Waals surface area contributed by atoms with E-state index in [9.17, 15) is 13.2 Å². The van der Waals surface area contributed by atoms with Gasteiger partial charge in [0.2, 0.25) is 10.0 Å². The van der Waals surface area contributed by atoms with Crippen molar-refractivity contribution >= 4 is 21.5 Å². The lowest BCUT2D eigenvalue weighted by Crippen LogP contribution is -2.33. The molecule has 1 aliphatic rings. The van der Waals surface area contributed by atoms with Gasteiger partial charge in [0.05, 0.1) is 4.90 Å². The summed E-state index contributed by atoms with van der Waals surface area (Å²) in [5, 5.41) is 13.9. The van der Waals surface area contributed by atoms with E-state index in [-0.39, 0.29) is 10.8 Å². The number of rotatable bonds is 7. The minimum atomic E-state index is -3.88. The molecule has 1 aromatic heterocycles. The average Bonchev–Trinajstić information content (AvgIpc) is 3.21. The van der Waals surface area contributed by atoms with Crippen molar-refractivity contribution in [1.82, 2.24) is 14.8 Å². The molecule has 0 bridgehead atoms. The van der Waals surface area contributed by atoms with E-state index in [1.807, 2.05) is 42.7 Å². The van der Waals surface area contributed by atoms with Crippen molar-refractivity contribution in [1.29, 1.82) is 0 Å². The van der Waals surface area contributed by atoms with Gasteiger partial charge in [0.1, 0.15) is 17.4 Å². The highest BCUT2D eigenvalue weighted by Gasteiger charge is 2.25. The number of hydrogen-bond acceptors (Lipinski definition) is 7. The third-order valence-corrected chi connectivity index (χ3v) is 6.84. The molecule has 2 heterocycles. The highest BCUT2D eigenvalue weighted by molar-refractivity contribution is 7.89. The van der Waals surface area contributed by atoms with E-state index in [1.54, 1.807) is 18.2 Å². The van der Waals surface area contributed by atoms with E-state index in [1.165, 1.54) is 6.07 Å². The lowest BCUT2D eigenvalue weighted by Gasteiger charge is -2.28. The molecule has 2 aromatic carbocycles. The molecule has 9 nitrogen and oxygen atoms in total. The van der Waals surface area contributed by atoms with E-state index >= 15 is 0 Å². The first-order valence-corrected chi connectivity index (χ1v) is 12.4. The normalized spacial score (nSPS) is 15.5. The predicted octanol–water partition coefficient (Wildman–Crippen LogP) is 3.06. The Morgan fingerprint density at radius 3 is 2.52 bits per heavy atom. The molecule has 1 aliphatic heterocycles. The summed E-state index contributed by atoms with van der Waals surface area (Å²) in [5.41, 5.74) is 1.54. The van der Waals surface area contributed by atoms with Crippen LogP contribution in [-0.2, 0) is 21.4 Å². The maximum absolute atomic E-state index is 12.1. The van der Waals surface area contributed by atoms with Crippen molar-refractivity contribution in [2.45, 2.75) is 44.0 Å². The molecule has 33 heavy (non-hydrogen) atoms. The number of carbonyl (C=O) groups excluding carboxylic acids is 1.